The third-order valence-corrected chi connectivity index (χ3v) is 7.10. The van der Waals surface area contributed by atoms with Crippen molar-refractivity contribution in [3.05, 3.63) is 118 Å². The summed E-state index contributed by atoms with van der Waals surface area (Å²) in [7, 11) is 0. The molecule has 1 aliphatic rings. The van der Waals surface area contributed by atoms with Crippen molar-refractivity contribution in [1.29, 1.82) is 5.26 Å². The van der Waals surface area contributed by atoms with Crippen LogP contribution in [0.2, 0.25) is 0 Å². The van der Waals surface area contributed by atoms with Crippen LogP contribution in [-0.4, -0.2) is 33.1 Å². The van der Waals surface area contributed by atoms with Crippen LogP contribution in [0, 0.1) is 25.2 Å². The summed E-state index contributed by atoms with van der Waals surface area (Å²) in [5.74, 6) is -0.243. The summed E-state index contributed by atoms with van der Waals surface area (Å²) in [6.45, 7) is 8.17. The van der Waals surface area contributed by atoms with Crippen molar-refractivity contribution in [2.45, 2.75) is 34.2 Å². The van der Waals surface area contributed by atoms with Crippen LogP contribution >= 0.6 is 0 Å². The van der Waals surface area contributed by atoms with Gasteiger partial charge < -0.3 is 4.74 Å². The lowest BCUT2D eigenvalue weighted by Gasteiger charge is -2.27. The molecule has 1 aliphatic heterocycles. The first-order chi connectivity index (χ1) is 19.8. The molecule has 0 saturated heterocycles. The fourth-order valence-corrected chi connectivity index (χ4v) is 4.85. The highest BCUT2D eigenvalue weighted by Crippen LogP contribution is 2.33. The highest BCUT2D eigenvalue weighted by molar-refractivity contribution is 6.19. The van der Waals surface area contributed by atoms with E-state index in [0.717, 1.165) is 38.6 Å². The molecule has 0 bridgehead atoms. The number of nitriles is 1. The van der Waals surface area contributed by atoms with Gasteiger partial charge in [-0.15, -0.1) is 0 Å². The molecule has 0 spiro atoms. The van der Waals surface area contributed by atoms with Crippen LogP contribution in [0.25, 0.3) is 23.0 Å². The molecule has 0 radical (unpaired) electrons. The highest BCUT2D eigenvalue weighted by atomic mass is 16.5. The van der Waals surface area contributed by atoms with Gasteiger partial charge in [-0.2, -0.15) is 10.4 Å². The molecule has 41 heavy (non-hydrogen) atoms. The van der Waals surface area contributed by atoms with Gasteiger partial charge in [0.2, 0.25) is 0 Å². The van der Waals surface area contributed by atoms with Crippen molar-refractivity contribution in [1.82, 2.24) is 14.7 Å². The number of hydrogen-bond donors (Lipinski definition) is 0. The third-order valence-electron chi connectivity index (χ3n) is 7.10. The first-order valence-electron chi connectivity index (χ1n) is 13.4. The number of nitrogens with zero attached hydrogens (tertiary/aromatic N) is 4. The third kappa shape index (κ3) is 5.45. The Morgan fingerprint density at radius 2 is 1.68 bits per heavy atom. The Kier molecular flexibility index (Phi) is 7.66. The number of aryl methyl sites for hydroxylation is 2. The molecule has 7 nitrogen and oxygen atoms in total. The molecular weight excluding hydrogens is 512 g/mol. The minimum absolute atomic E-state index is 0.0446. The summed E-state index contributed by atoms with van der Waals surface area (Å²) in [4.78, 5) is 28.2. The molecule has 0 saturated carbocycles. The summed E-state index contributed by atoms with van der Waals surface area (Å²) in [6, 6.07) is 25.2. The van der Waals surface area contributed by atoms with Gasteiger partial charge in [-0.1, -0.05) is 48.0 Å². The molecule has 3 aromatic carbocycles. The van der Waals surface area contributed by atoms with Gasteiger partial charge in [0.05, 0.1) is 24.5 Å². The van der Waals surface area contributed by atoms with Crippen molar-refractivity contribution < 1.29 is 14.3 Å². The molecular formula is C34H30N4O3. The van der Waals surface area contributed by atoms with Gasteiger partial charge in [-0.05, 0) is 80.8 Å². The fraction of sp³-hybridized carbons (Fsp3) is 0.176. The zero-order valence-electron chi connectivity index (χ0n) is 23.5. The first kappa shape index (κ1) is 27.4. The Morgan fingerprint density at radius 1 is 0.951 bits per heavy atom. The molecule has 204 valence electrons. The molecule has 2 amide bonds. The van der Waals surface area contributed by atoms with E-state index in [1.54, 1.807) is 17.7 Å². The minimum atomic E-state index is -0.588. The van der Waals surface area contributed by atoms with Crippen molar-refractivity contribution in [3.8, 4) is 28.8 Å². The van der Waals surface area contributed by atoms with E-state index in [1.165, 1.54) is 0 Å². The second-order valence-electron chi connectivity index (χ2n) is 9.98. The second kappa shape index (κ2) is 11.5. The Labute approximate surface area is 239 Å². The lowest BCUT2D eigenvalue weighted by molar-refractivity contribution is -0.141. The number of rotatable bonds is 7. The maximum absolute atomic E-state index is 13.8. The number of carbonyl (C=O) groups is 2. The molecule has 5 rings (SSSR count). The number of amides is 2. The van der Waals surface area contributed by atoms with E-state index in [0.29, 0.717) is 23.4 Å². The molecule has 7 heteroatoms. The van der Waals surface area contributed by atoms with E-state index in [4.69, 9.17) is 9.84 Å². The van der Waals surface area contributed by atoms with Crippen LogP contribution in [0.4, 0.5) is 0 Å². The molecule has 2 heterocycles. The SMILES string of the molecule is CCOc1ccc(-c2nn(-c3ccccc3)cc2/C=C2/C(=O)N(Cc3ccc(C)cc3)C(=O)C(C#N)=C2C)cc1C. The Bertz CT molecular complexity index is 1740. The van der Waals surface area contributed by atoms with Crippen molar-refractivity contribution in [2.75, 3.05) is 6.61 Å². The van der Waals surface area contributed by atoms with E-state index in [-0.39, 0.29) is 17.7 Å². The van der Waals surface area contributed by atoms with Gasteiger partial charge in [-0.25, -0.2) is 4.68 Å². The lowest BCUT2D eigenvalue weighted by atomic mass is 9.92. The first-order valence-corrected chi connectivity index (χ1v) is 13.4. The second-order valence-corrected chi connectivity index (χ2v) is 9.98. The Balaban J connectivity index is 1.64. The zero-order valence-corrected chi connectivity index (χ0v) is 23.5. The van der Waals surface area contributed by atoms with Gasteiger partial charge in [-0.3, -0.25) is 14.5 Å². The highest BCUT2D eigenvalue weighted by Gasteiger charge is 2.35. The van der Waals surface area contributed by atoms with E-state index < -0.39 is 11.8 Å². The normalized spacial score (nSPS) is 14.5. The van der Waals surface area contributed by atoms with Gasteiger partial charge in [0.1, 0.15) is 17.4 Å². The van der Waals surface area contributed by atoms with Crippen LogP contribution in [0.3, 0.4) is 0 Å². The van der Waals surface area contributed by atoms with Crippen LogP contribution in [0.5, 0.6) is 5.75 Å². The van der Waals surface area contributed by atoms with E-state index in [9.17, 15) is 14.9 Å². The van der Waals surface area contributed by atoms with Crippen LogP contribution in [-0.2, 0) is 16.1 Å². The van der Waals surface area contributed by atoms with Crippen molar-refractivity contribution in [3.63, 3.8) is 0 Å². The van der Waals surface area contributed by atoms with Crippen LogP contribution in [0.1, 0.15) is 36.1 Å². The number of aromatic nitrogens is 2. The predicted molar refractivity (Wildman–Crippen MR) is 158 cm³/mol. The number of imide groups is 1. The summed E-state index contributed by atoms with van der Waals surface area (Å²) in [5, 5.41) is 14.8. The minimum Gasteiger partial charge on any atom is -0.494 e. The van der Waals surface area contributed by atoms with Gasteiger partial charge in [0.15, 0.2) is 0 Å². The largest absolute Gasteiger partial charge is 0.494 e. The van der Waals surface area contributed by atoms with Gasteiger partial charge >= 0.3 is 0 Å². The van der Waals surface area contributed by atoms with Crippen molar-refractivity contribution in [2.24, 2.45) is 0 Å². The standard InChI is InChI=1S/C34H30N4O3/c1-5-41-31-16-15-26(17-23(31)3)32-27(21-38(36-32)28-9-7-6-8-10-28)18-29-24(4)30(19-35)34(40)37(33(29)39)20-25-13-11-22(2)12-14-25/h6-18,21H,5,20H2,1-4H3/b29-18+. The predicted octanol–water partition coefficient (Wildman–Crippen LogP) is 6.35. The monoisotopic (exact) mass is 542 g/mol. The number of benzene rings is 3. The van der Waals surface area contributed by atoms with Gasteiger partial charge in [0.25, 0.3) is 11.8 Å². The smallest absolute Gasteiger partial charge is 0.271 e. The lowest BCUT2D eigenvalue weighted by Crippen LogP contribution is -2.42. The maximum atomic E-state index is 13.8. The molecule has 0 N–H and O–H groups in total. The number of hydrogen-bond acceptors (Lipinski definition) is 5. The van der Waals surface area contributed by atoms with Crippen LogP contribution < -0.4 is 4.74 Å². The number of carbonyl (C=O) groups excluding carboxylic acids is 2. The number of ether oxygens (including phenoxy) is 1. The molecule has 0 atom stereocenters. The molecule has 0 aliphatic carbocycles. The fourth-order valence-electron chi connectivity index (χ4n) is 4.85. The van der Waals surface area contributed by atoms with Crippen molar-refractivity contribution >= 4 is 17.9 Å². The molecule has 0 fully saturated rings. The quantitative estimate of drug-likeness (QED) is 0.201. The summed E-state index contributed by atoms with van der Waals surface area (Å²) in [5.41, 5.74) is 6.48. The average molecular weight is 543 g/mol. The van der Waals surface area contributed by atoms with E-state index >= 15 is 0 Å². The summed E-state index contributed by atoms with van der Waals surface area (Å²) in [6.07, 6.45) is 3.59. The zero-order chi connectivity index (χ0) is 29.1. The van der Waals surface area contributed by atoms with Crippen LogP contribution in [0.15, 0.2) is 95.7 Å². The summed E-state index contributed by atoms with van der Waals surface area (Å²) >= 11 is 0. The molecule has 1 aromatic heterocycles. The molecule has 0 unspecified atom stereocenters. The number of para-hydroxylation sites is 1. The Morgan fingerprint density at radius 3 is 2.34 bits per heavy atom. The maximum Gasteiger partial charge on any atom is 0.271 e. The topological polar surface area (TPSA) is 88.2 Å². The Hall–Kier alpha value is -5.22. The van der Waals surface area contributed by atoms with E-state index in [2.05, 4.69) is 0 Å². The average Bonchev–Trinajstić information content (AvgIpc) is 3.40. The van der Waals surface area contributed by atoms with Gasteiger partial charge in [0, 0.05) is 22.9 Å². The van der Waals surface area contributed by atoms with E-state index in [1.807, 2.05) is 106 Å². The molecule has 4 aromatic rings. The summed E-state index contributed by atoms with van der Waals surface area (Å²) < 4.78 is 7.49.